The molecular formula is C21H16F3N5. The number of nitrogens with two attached hydrogens (primary N) is 1. The smallest absolute Gasteiger partial charge is 0.368 e. The fraction of sp³-hybridized carbons (Fsp3) is 0.0952. The molecule has 0 aliphatic heterocycles. The molecule has 3 N–H and O–H groups in total. The molecule has 0 fully saturated rings. The highest BCUT2D eigenvalue weighted by Crippen LogP contribution is 2.30. The van der Waals surface area contributed by atoms with Crippen molar-refractivity contribution in [2.75, 3.05) is 11.1 Å². The summed E-state index contributed by atoms with van der Waals surface area (Å²) >= 11 is 0. The Morgan fingerprint density at radius 2 is 1.66 bits per heavy atom. The molecule has 146 valence electrons. The van der Waals surface area contributed by atoms with Crippen molar-refractivity contribution >= 4 is 22.7 Å². The second kappa shape index (κ2) is 7.38. The molecule has 2 heterocycles. The number of halogens is 3. The van der Waals surface area contributed by atoms with Gasteiger partial charge in [-0.05, 0) is 41.0 Å². The van der Waals surface area contributed by atoms with Crippen LogP contribution in [0, 0.1) is 0 Å². The quantitative estimate of drug-likeness (QED) is 0.514. The summed E-state index contributed by atoms with van der Waals surface area (Å²) in [4.78, 5) is 11.8. The van der Waals surface area contributed by atoms with Crippen LogP contribution in [0.4, 0.5) is 24.9 Å². The zero-order chi connectivity index (χ0) is 20.4. The first kappa shape index (κ1) is 18.7. The fourth-order valence-corrected chi connectivity index (χ4v) is 3.00. The first-order chi connectivity index (χ1) is 13.9. The van der Waals surface area contributed by atoms with E-state index in [9.17, 15) is 13.2 Å². The van der Waals surface area contributed by atoms with Gasteiger partial charge in [0.25, 0.3) is 0 Å². The third kappa shape index (κ3) is 4.11. The van der Waals surface area contributed by atoms with Crippen LogP contribution >= 0.6 is 0 Å². The van der Waals surface area contributed by atoms with Gasteiger partial charge in [-0.1, -0.05) is 36.4 Å². The lowest BCUT2D eigenvalue weighted by molar-refractivity contribution is -0.141. The minimum atomic E-state index is -4.47. The van der Waals surface area contributed by atoms with Gasteiger partial charge in [-0.2, -0.15) is 18.2 Å². The van der Waals surface area contributed by atoms with Crippen LogP contribution in [0.3, 0.4) is 0 Å². The highest BCUT2D eigenvalue weighted by Gasteiger charge is 2.32. The van der Waals surface area contributed by atoms with Gasteiger partial charge in [-0.3, -0.25) is 4.98 Å². The first-order valence-corrected chi connectivity index (χ1v) is 8.79. The number of nitrogen functional groups attached to an aromatic ring is 1. The van der Waals surface area contributed by atoms with Crippen LogP contribution in [0.5, 0.6) is 0 Å². The molecule has 8 heteroatoms. The Hall–Kier alpha value is -3.68. The van der Waals surface area contributed by atoms with Gasteiger partial charge in [0.1, 0.15) is 11.5 Å². The summed E-state index contributed by atoms with van der Waals surface area (Å²) in [6.45, 7) is 0.477. The third-order valence-electron chi connectivity index (χ3n) is 4.42. The van der Waals surface area contributed by atoms with Gasteiger partial charge < -0.3 is 11.1 Å². The standard InChI is InChI=1S/C21H16F3N5/c22-21(23,24)18-11-15(9-10-26-18)14-7-5-13(6-8-14)12-27-19-16-3-1-2-4-17(16)28-20(25)29-19/h1-11H,12H2,(H3,25,27,28,29). The molecule has 0 spiro atoms. The molecule has 29 heavy (non-hydrogen) atoms. The highest BCUT2D eigenvalue weighted by atomic mass is 19.4. The van der Waals surface area contributed by atoms with Crippen LogP contribution in [0.1, 0.15) is 11.3 Å². The number of hydrogen-bond donors (Lipinski definition) is 2. The lowest BCUT2D eigenvalue weighted by Crippen LogP contribution is -2.07. The molecule has 0 atom stereocenters. The topological polar surface area (TPSA) is 76.7 Å². The number of nitrogens with one attached hydrogen (secondary N) is 1. The van der Waals surface area contributed by atoms with Crippen LogP contribution in [-0.2, 0) is 12.7 Å². The number of aromatic nitrogens is 3. The Morgan fingerprint density at radius 1 is 0.897 bits per heavy atom. The van der Waals surface area contributed by atoms with E-state index in [-0.39, 0.29) is 5.95 Å². The second-order valence-corrected chi connectivity index (χ2v) is 6.43. The Labute approximate surface area is 164 Å². The predicted octanol–water partition coefficient (Wildman–Crippen LogP) is 4.90. The number of para-hydroxylation sites is 1. The first-order valence-electron chi connectivity index (χ1n) is 8.79. The normalized spacial score (nSPS) is 11.6. The maximum atomic E-state index is 12.9. The average Bonchev–Trinajstić information content (AvgIpc) is 2.72. The molecule has 2 aromatic carbocycles. The van der Waals surface area contributed by atoms with Crippen molar-refractivity contribution in [1.29, 1.82) is 0 Å². The van der Waals surface area contributed by atoms with Crippen LogP contribution in [0.25, 0.3) is 22.0 Å². The maximum absolute atomic E-state index is 12.9. The van der Waals surface area contributed by atoms with Gasteiger partial charge in [0.05, 0.1) is 5.52 Å². The predicted molar refractivity (Wildman–Crippen MR) is 106 cm³/mol. The Morgan fingerprint density at radius 3 is 2.41 bits per heavy atom. The molecular weight excluding hydrogens is 379 g/mol. The van der Waals surface area contributed by atoms with Crippen molar-refractivity contribution in [3.8, 4) is 11.1 Å². The van der Waals surface area contributed by atoms with Gasteiger partial charge in [-0.25, -0.2) is 4.98 Å². The van der Waals surface area contributed by atoms with E-state index in [1.807, 2.05) is 36.4 Å². The summed E-state index contributed by atoms with van der Waals surface area (Å²) in [7, 11) is 0. The van der Waals surface area contributed by atoms with Crippen LogP contribution < -0.4 is 11.1 Å². The number of rotatable bonds is 4. The fourth-order valence-electron chi connectivity index (χ4n) is 3.00. The largest absolute Gasteiger partial charge is 0.433 e. The number of anilines is 2. The van der Waals surface area contributed by atoms with Gasteiger partial charge in [-0.15, -0.1) is 0 Å². The van der Waals surface area contributed by atoms with Gasteiger partial charge in [0, 0.05) is 18.1 Å². The van der Waals surface area contributed by atoms with E-state index in [0.717, 1.165) is 28.7 Å². The summed E-state index contributed by atoms with van der Waals surface area (Å²) in [6.07, 6.45) is -3.31. The lowest BCUT2D eigenvalue weighted by Gasteiger charge is -2.11. The highest BCUT2D eigenvalue weighted by molar-refractivity contribution is 5.89. The molecule has 5 nitrogen and oxygen atoms in total. The molecule has 4 rings (SSSR count). The molecule has 0 amide bonds. The molecule has 0 saturated heterocycles. The van der Waals surface area contributed by atoms with E-state index in [4.69, 9.17) is 5.73 Å². The maximum Gasteiger partial charge on any atom is 0.433 e. The van der Waals surface area contributed by atoms with E-state index >= 15 is 0 Å². The van der Waals surface area contributed by atoms with Crippen molar-refractivity contribution in [3.63, 3.8) is 0 Å². The van der Waals surface area contributed by atoms with E-state index in [0.29, 0.717) is 23.5 Å². The monoisotopic (exact) mass is 395 g/mol. The van der Waals surface area contributed by atoms with Gasteiger partial charge in [0.2, 0.25) is 5.95 Å². The molecule has 2 aromatic heterocycles. The van der Waals surface area contributed by atoms with Gasteiger partial charge in [0.15, 0.2) is 0 Å². The number of nitrogens with zero attached hydrogens (tertiary/aromatic N) is 3. The van der Waals surface area contributed by atoms with Crippen LogP contribution in [0.15, 0.2) is 66.9 Å². The summed E-state index contributed by atoms with van der Waals surface area (Å²) < 4.78 is 38.6. The molecule has 0 aliphatic rings. The lowest BCUT2D eigenvalue weighted by atomic mass is 10.0. The minimum absolute atomic E-state index is 0.180. The van der Waals surface area contributed by atoms with E-state index in [1.54, 1.807) is 18.2 Å². The third-order valence-corrected chi connectivity index (χ3v) is 4.42. The molecule has 4 aromatic rings. The Kier molecular flexibility index (Phi) is 4.75. The van der Waals surface area contributed by atoms with E-state index in [2.05, 4.69) is 20.3 Å². The summed E-state index contributed by atoms with van der Waals surface area (Å²) in [5, 5.41) is 4.10. The number of alkyl halides is 3. The van der Waals surface area contributed by atoms with Crippen molar-refractivity contribution < 1.29 is 13.2 Å². The molecule has 0 radical (unpaired) electrons. The molecule has 0 aliphatic carbocycles. The number of benzene rings is 2. The van der Waals surface area contributed by atoms with Crippen molar-refractivity contribution in [2.24, 2.45) is 0 Å². The van der Waals surface area contributed by atoms with Crippen molar-refractivity contribution in [1.82, 2.24) is 15.0 Å². The van der Waals surface area contributed by atoms with E-state index < -0.39 is 11.9 Å². The zero-order valence-corrected chi connectivity index (χ0v) is 15.1. The zero-order valence-electron chi connectivity index (χ0n) is 15.1. The minimum Gasteiger partial charge on any atom is -0.368 e. The second-order valence-electron chi connectivity index (χ2n) is 6.43. The van der Waals surface area contributed by atoms with Crippen LogP contribution in [-0.4, -0.2) is 15.0 Å². The SMILES string of the molecule is Nc1nc(NCc2ccc(-c3ccnc(C(F)(F)F)c3)cc2)c2ccccc2n1. The Bertz CT molecular complexity index is 1160. The number of fused-ring (bicyclic) bond motifs is 1. The number of pyridine rings is 1. The molecule has 0 unspecified atom stereocenters. The van der Waals surface area contributed by atoms with E-state index in [1.165, 1.54) is 0 Å². The van der Waals surface area contributed by atoms with Crippen molar-refractivity contribution in [3.05, 3.63) is 78.1 Å². The number of hydrogen-bond acceptors (Lipinski definition) is 5. The molecule has 0 saturated carbocycles. The van der Waals surface area contributed by atoms with Crippen molar-refractivity contribution in [2.45, 2.75) is 12.7 Å². The summed E-state index contributed by atoms with van der Waals surface area (Å²) in [5.74, 6) is 0.806. The van der Waals surface area contributed by atoms with Crippen LogP contribution in [0.2, 0.25) is 0 Å². The molecule has 0 bridgehead atoms. The summed E-state index contributed by atoms with van der Waals surface area (Å²) in [5.41, 5.74) is 7.69. The van der Waals surface area contributed by atoms with Gasteiger partial charge >= 0.3 is 6.18 Å². The summed E-state index contributed by atoms with van der Waals surface area (Å²) in [6, 6.07) is 17.4. The average molecular weight is 395 g/mol. The Balaban J connectivity index is 1.53.